The maximum absolute atomic E-state index is 11.5. The highest BCUT2D eigenvalue weighted by Gasteiger charge is 2.19. The molecule has 2 aromatic carbocycles. The first-order valence-electron chi connectivity index (χ1n) is 12.4. The van der Waals surface area contributed by atoms with Crippen molar-refractivity contribution in [2.75, 3.05) is 59.0 Å². The minimum Gasteiger partial charge on any atom is -0.491 e. The first-order valence-corrected chi connectivity index (χ1v) is 12.4. The van der Waals surface area contributed by atoms with E-state index in [9.17, 15) is 14.4 Å². The maximum Gasteiger partial charge on any atom is 0.273 e. The van der Waals surface area contributed by atoms with E-state index in [-0.39, 0.29) is 11.8 Å². The highest BCUT2D eigenvalue weighted by Crippen LogP contribution is 2.30. The summed E-state index contributed by atoms with van der Waals surface area (Å²) < 4.78 is 15.6. The van der Waals surface area contributed by atoms with Gasteiger partial charge >= 0.3 is 0 Å². The Hall–Kier alpha value is -4.02. The predicted octanol–water partition coefficient (Wildman–Crippen LogP) is 2.82. The number of ether oxygens (including phenoxy) is 2. The van der Waals surface area contributed by atoms with Crippen molar-refractivity contribution in [1.82, 2.24) is 15.4 Å². The molecule has 1 fully saturated rings. The Morgan fingerprint density at radius 1 is 1.05 bits per heavy atom. The van der Waals surface area contributed by atoms with Crippen molar-refractivity contribution in [1.29, 1.82) is 0 Å². The van der Waals surface area contributed by atoms with E-state index in [1.165, 1.54) is 4.90 Å². The Morgan fingerprint density at radius 2 is 1.79 bits per heavy atom. The number of nitrogens with zero attached hydrogens (tertiary/aromatic N) is 3. The summed E-state index contributed by atoms with van der Waals surface area (Å²) in [4.78, 5) is 37.2. The number of likely N-dealkylation sites (N-methyl/N-ethyl adjacent to an activating group) is 1. The molecule has 0 spiro atoms. The fraction of sp³-hybridized carbons (Fsp3) is 0.357. The van der Waals surface area contributed by atoms with Crippen molar-refractivity contribution in [3.8, 4) is 5.75 Å². The number of fused-ring (bicyclic) bond motifs is 1. The second-order valence-corrected chi connectivity index (χ2v) is 8.73. The van der Waals surface area contributed by atoms with Crippen LogP contribution in [0.1, 0.15) is 38.6 Å². The van der Waals surface area contributed by atoms with Crippen molar-refractivity contribution in [3.63, 3.8) is 0 Å². The highest BCUT2D eigenvalue weighted by atomic mass is 16.5. The van der Waals surface area contributed by atoms with Gasteiger partial charge in [-0.15, -0.1) is 0 Å². The Labute approximate surface area is 222 Å². The number of amides is 2. The highest BCUT2D eigenvalue weighted by molar-refractivity contribution is 5.96. The lowest BCUT2D eigenvalue weighted by atomic mass is 10.1. The third-order valence-electron chi connectivity index (χ3n) is 5.90. The number of benzene rings is 2. The molecular formula is C28H34N4O6. The number of aromatic nitrogens is 1. The molecule has 5 rings (SSSR count). The summed E-state index contributed by atoms with van der Waals surface area (Å²) in [6.45, 7) is 4.41. The lowest BCUT2D eigenvalue weighted by molar-refractivity contribution is -0.118. The second kappa shape index (κ2) is 14.7. The number of carbonyl (C=O) groups is 3. The zero-order valence-electron chi connectivity index (χ0n) is 22.0. The number of aldehydes is 1. The van der Waals surface area contributed by atoms with Gasteiger partial charge in [-0.2, -0.15) is 0 Å². The number of hydrogen-bond acceptors (Lipinski definition) is 8. The van der Waals surface area contributed by atoms with E-state index >= 15 is 0 Å². The van der Waals surface area contributed by atoms with Crippen molar-refractivity contribution >= 4 is 23.8 Å². The SMILES string of the molecule is CN1C(=O)CCOc2ccc(C=O)cc21.CN1CCOCC1.CNC(=O)c1cc(Cc2ccccc2)on1. The van der Waals surface area contributed by atoms with E-state index in [2.05, 4.69) is 22.4 Å². The predicted molar refractivity (Wildman–Crippen MR) is 143 cm³/mol. The monoisotopic (exact) mass is 522 g/mol. The molecule has 10 nitrogen and oxygen atoms in total. The summed E-state index contributed by atoms with van der Waals surface area (Å²) in [5, 5.41) is 6.19. The minimum absolute atomic E-state index is 0.00296. The molecule has 2 aliphatic rings. The van der Waals surface area contributed by atoms with E-state index in [1.807, 2.05) is 30.3 Å². The topological polar surface area (TPSA) is 114 Å². The van der Waals surface area contributed by atoms with E-state index in [0.717, 1.165) is 38.2 Å². The Kier molecular flexibility index (Phi) is 11.0. The summed E-state index contributed by atoms with van der Waals surface area (Å²) in [5.74, 6) is 1.10. The van der Waals surface area contributed by atoms with E-state index in [0.29, 0.717) is 47.9 Å². The smallest absolute Gasteiger partial charge is 0.273 e. The van der Waals surface area contributed by atoms with E-state index < -0.39 is 0 Å². The third kappa shape index (κ3) is 8.53. The van der Waals surface area contributed by atoms with Crippen molar-refractivity contribution in [2.24, 2.45) is 0 Å². The summed E-state index contributed by atoms with van der Waals surface area (Å²) in [7, 11) is 5.36. The van der Waals surface area contributed by atoms with Gasteiger partial charge in [-0.05, 0) is 30.8 Å². The number of hydrogen-bond donors (Lipinski definition) is 1. The van der Waals surface area contributed by atoms with Crippen molar-refractivity contribution in [3.05, 3.63) is 77.2 Å². The molecule has 3 heterocycles. The van der Waals surface area contributed by atoms with E-state index in [4.69, 9.17) is 14.0 Å². The van der Waals surface area contributed by atoms with Crippen LogP contribution in [0.15, 0.2) is 59.1 Å². The van der Waals surface area contributed by atoms with Gasteiger partial charge in [-0.3, -0.25) is 14.4 Å². The summed E-state index contributed by atoms with van der Waals surface area (Å²) >= 11 is 0. The van der Waals surface area contributed by atoms with Gasteiger partial charge in [-0.25, -0.2) is 0 Å². The van der Waals surface area contributed by atoms with Crippen molar-refractivity contribution in [2.45, 2.75) is 12.8 Å². The number of morpholine rings is 1. The standard InChI is InChI=1S/C12H12N2O2.C11H11NO3.C5H11NO/c1-13-12(15)11-8-10(16-14-11)7-9-5-3-2-4-6-9;1-12-9-6-8(7-13)2-3-10(9)15-5-4-11(12)14;1-6-2-4-7-5-3-6/h2-6,8H,7H2,1H3,(H,13,15);2-3,6-7H,4-5H2,1H3;2-5H2,1H3. The number of carbonyl (C=O) groups excluding carboxylic acids is 3. The van der Waals surface area contributed by atoms with Crippen LogP contribution in [-0.2, 0) is 16.0 Å². The van der Waals surface area contributed by atoms with Gasteiger partial charge in [0.1, 0.15) is 17.8 Å². The third-order valence-corrected chi connectivity index (χ3v) is 5.90. The van der Waals surface area contributed by atoms with Crippen LogP contribution in [0.4, 0.5) is 5.69 Å². The second-order valence-electron chi connectivity index (χ2n) is 8.73. The molecule has 2 amide bonds. The van der Waals surface area contributed by atoms with Gasteiger partial charge in [0, 0.05) is 45.2 Å². The molecule has 2 aliphatic heterocycles. The maximum atomic E-state index is 11.5. The summed E-state index contributed by atoms with van der Waals surface area (Å²) in [6, 6.07) is 16.6. The first kappa shape index (κ1) is 28.5. The Bertz CT molecular complexity index is 1190. The molecule has 0 unspecified atom stereocenters. The number of nitrogens with one attached hydrogen (secondary N) is 1. The average molecular weight is 523 g/mol. The quantitative estimate of drug-likeness (QED) is 0.521. The average Bonchev–Trinajstić information content (AvgIpc) is 3.37. The summed E-state index contributed by atoms with van der Waals surface area (Å²) in [5.41, 5.74) is 2.64. The number of rotatable bonds is 4. The lowest BCUT2D eigenvalue weighted by Gasteiger charge is -2.21. The Balaban J connectivity index is 0.000000169. The normalized spacial score (nSPS) is 14.9. The number of anilines is 1. The molecule has 0 atom stereocenters. The molecule has 202 valence electrons. The van der Waals surface area contributed by atoms with Gasteiger partial charge in [0.15, 0.2) is 5.69 Å². The van der Waals surface area contributed by atoms with Crippen LogP contribution in [0.3, 0.4) is 0 Å². The lowest BCUT2D eigenvalue weighted by Crippen LogP contribution is -2.32. The van der Waals surface area contributed by atoms with Crippen LogP contribution >= 0.6 is 0 Å². The largest absolute Gasteiger partial charge is 0.491 e. The molecule has 1 saturated heterocycles. The molecule has 0 saturated carbocycles. The van der Waals surface area contributed by atoms with Gasteiger partial charge < -0.3 is 29.1 Å². The zero-order valence-corrected chi connectivity index (χ0v) is 22.0. The fourth-order valence-electron chi connectivity index (χ4n) is 3.63. The molecule has 0 radical (unpaired) electrons. The van der Waals surface area contributed by atoms with Crippen LogP contribution in [-0.4, -0.2) is 82.2 Å². The molecule has 38 heavy (non-hydrogen) atoms. The van der Waals surface area contributed by atoms with E-state index in [1.54, 1.807) is 38.4 Å². The molecule has 0 bridgehead atoms. The molecule has 10 heteroatoms. The molecule has 3 aromatic rings. The Morgan fingerprint density at radius 3 is 2.42 bits per heavy atom. The zero-order chi connectivity index (χ0) is 27.3. The van der Waals surface area contributed by atoms with Gasteiger partial charge in [0.05, 0.1) is 31.9 Å². The molecular weight excluding hydrogens is 488 g/mol. The van der Waals surface area contributed by atoms with Crippen LogP contribution in [0.25, 0.3) is 0 Å². The fourth-order valence-corrected chi connectivity index (χ4v) is 3.63. The van der Waals surface area contributed by atoms with Crippen LogP contribution < -0.4 is 15.0 Å². The molecule has 0 aliphatic carbocycles. The summed E-state index contributed by atoms with van der Waals surface area (Å²) in [6.07, 6.45) is 1.76. The van der Waals surface area contributed by atoms with Crippen LogP contribution in [0, 0.1) is 0 Å². The first-order chi connectivity index (χ1) is 18.4. The molecule has 1 N–H and O–H groups in total. The van der Waals surface area contributed by atoms with Crippen LogP contribution in [0.2, 0.25) is 0 Å². The minimum atomic E-state index is -0.233. The molecule has 1 aromatic heterocycles. The van der Waals surface area contributed by atoms with Gasteiger partial charge in [0.2, 0.25) is 5.91 Å². The van der Waals surface area contributed by atoms with Gasteiger partial charge in [-0.1, -0.05) is 35.5 Å². The van der Waals surface area contributed by atoms with Crippen LogP contribution in [0.5, 0.6) is 5.75 Å². The van der Waals surface area contributed by atoms with Gasteiger partial charge in [0.25, 0.3) is 5.91 Å². The van der Waals surface area contributed by atoms with Crippen molar-refractivity contribution < 1.29 is 28.4 Å².